The van der Waals surface area contributed by atoms with Crippen molar-refractivity contribution < 1.29 is 13.6 Å². The zero-order valence-electron chi connectivity index (χ0n) is 13.2. The predicted octanol–water partition coefficient (Wildman–Crippen LogP) is 3.85. The van der Waals surface area contributed by atoms with Gasteiger partial charge >= 0.3 is 6.55 Å². The Kier molecular flexibility index (Phi) is 4.93. The number of halogens is 3. The second kappa shape index (κ2) is 7.14. The number of carbonyl (C=O) groups is 1. The van der Waals surface area contributed by atoms with E-state index in [0.717, 1.165) is 17.3 Å². The molecule has 0 spiro atoms. The fourth-order valence-corrected chi connectivity index (χ4v) is 2.68. The summed E-state index contributed by atoms with van der Waals surface area (Å²) in [5.41, 5.74) is 1.97. The third kappa shape index (κ3) is 3.93. The predicted molar refractivity (Wildman–Crippen MR) is 91.6 cm³/mol. The molecule has 2 aromatic heterocycles. The number of benzene rings is 1. The third-order valence-electron chi connectivity index (χ3n) is 3.50. The van der Waals surface area contributed by atoms with Gasteiger partial charge in [0, 0.05) is 12.4 Å². The Bertz CT molecular complexity index is 888. The van der Waals surface area contributed by atoms with Gasteiger partial charge < -0.3 is 5.32 Å². The molecule has 0 fully saturated rings. The topological polar surface area (TPSA) is 64.7 Å². The Morgan fingerprint density at radius 1 is 1.28 bits per heavy atom. The zero-order valence-corrected chi connectivity index (χ0v) is 14.7. The summed E-state index contributed by atoms with van der Waals surface area (Å²) in [6, 6.07) is 9.21. The molecule has 130 valence electrons. The lowest BCUT2D eigenvalue weighted by Gasteiger charge is -2.06. The number of anilines is 1. The first kappa shape index (κ1) is 17.3. The van der Waals surface area contributed by atoms with Crippen LogP contribution in [0.1, 0.15) is 28.2 Å². The first-order valence-electron chi connectivity index (χ1n) is 7.35. The molecule has 6 nitrogen and oxygen atoms in total. The minimum absolute atomic E-state index is 0.241. The molecule has 25 heavy (non-hydrogen) atoms. The number of carbonyl (C=O) groups excluding carboxylic acids is 1. The Balaban J connectivity index is 1.75. The summed E-state index contributed by atoms with van der Waals surface area (Å²) in [7, 11) is 0. The summed E-state index contributed by atoms with van der Waals surface area (Å²) >= 11 is 3.31. The van der Waals surface area contributed by atoms with Gasteiger partial charge in [-0.25, -0.2) is 0 Å². The standard InChI is InChI=1S/C16H14BrF2N5O/c1-10-2-4-11(5-3-10)8-23-9-12(17)14(22-23)21-15(25)13-6-7-20-24(13)16(18)19/h2-7,9,16H,8H2,1H3,(H,21,22,25). The number of hydrogen-bond donors (Lipinski definition) is 1. The third-order valence-corrected chi connectivity index (χ3v) is 4.08. The molecule has 0 unspecified atom stereocenters. The van der Waals surface area contributed by atoms with E-state index >= 15 is 0 Å². The van der Waals surface area contributed by atoms with Gasteiger partial charge in [-0.3, -0.25) is 9.48 Å². The van der Waals surface area contributed by atoms with Gasteiger partial charge in [0.2, 0.25) is 0 Å². The fraction of sp³-hybridized carbons (Fsp3) is 0.188. The van der Waals surface area contributed by atoms with E-state index in [1.807, 2.05) is 31.2 Å². The van der Waals surface area contributed by atoms with Crippen LogP contribution in [0.2, 0.25) is 0 Å². The van der Waals surface area contributed by atoms with E-state index in [1.54, 1.807) is 10.9 Å². The van der Waals surface area contributed by atoms with E-state index in [0.29, 0.717) is 15.7 Å². The average molecular weight is 410 g/mol. The van der Waals surface area contributed by atoms with Crippen molar-refractivity contribution in [1.29, 1.82) is 0 Å². The molecule has 0 saturated heterocycles. The number of nitrogens with one attached hydrogen (secondary N) is 1. The molecule has 2 heterocycles. The van der Waals surface area contributed by atoms with Crippen LogP contribution in [0.15, 0.2) is 47.2 Å². The molecule has 0 aliphatic carbocycles. The first-order chi connectivity index (χ1) is 11.9. The molecule has 0 saturated carbocycles. The molecule has 1 amide bonds. The number of aryl methyl sites for hydroxylation is 1. The van der Waals surface area contributed by atoms with Crippen LogP contribution in [0.3, 0.4) is 0 Å². The van der Waals surface area contributed by atoms with Gasteiger partial charge in [-0.2, -0.15) is 23.7 Å². The van der Waals surface area contributed by atoms with Crippen molar-refractivity contribution in [2.45, 2.75) is 20.0 Å². The monoisotopic (exact) mass is 409 g/mol. The Morgan fingerprint density at radius 2 is 2.00 bits per heavy atom. The van der Waals surface area contributed by atoms with Crippen LogP contribution >= 0.6 is 15.9 Å². The molecular formula is C16H14BrF2N5O. The van der Waals surface area contributed by atoms with Gasteiger partial charge in [-0.1, -0.05) is 29.8 Å². The Morgan fingerprint density at radius 3 is 2.68 bits per heavy atom. The first-order valence-corrected chi connectivity index (χ1v) is 8.15. The Labute approximate surface area is 150 Å². The molecule has 3 aromatic rings. The lowest BCUT2D eigenvalue weighted by atomic mass is 10.1. The van der Waals surface area contributed by atoms with Crippen LogP contribution in [-0.4, -0.2) is 25.5 Å². The summed E-state index contributed by atoms with van der Waals surface area (Å²) in [6.45, 7) is -0.367. The quantitative estimate of drug-likeness (QED) is 0.695. The molecular weight excluding hydrogens is 396 g/mol. The maximum Gasteiger partial charge on any atom is 0.333 e. The van der Waals surface area contributed by atoms with E-state index < -0.39 is 12.5 Å². The van der Waals surface area contributed by atoms with Crippen molar-refractivity contribution in [1.82, 2.24) is 19.6 Å². The molecule has 0 radical (unpaired) electrons. The number of hydrogen-bond acceptors (Lipinski definition) is 3. The van der Waals surface area contributed by atoms with Crippen LogP contribution in [-0.2, 0) is 6.54 Å². The van der Waals surface area contributed by atoms with Crippen LogP contribution < -0.4 is 5.32 Å². The summed E-state index contributed by atoms with van der Waals surface area (Å²) in [4.78, 5) is 12.2. The molecule has 1 aromatic carbocycles. The molecule has 3 rings (SSSR count). The molecule has 1 N–H and O–H groups in total. The van der Waals surface area contributed by atoms with Gasteiger partial charge in [0.15, 0.2) is 5.82 Å². The molecule has 0 aliphatic rings. The second-order valence-electron chi connectivity index (χ2n) is 5.40. The van der Waals surface area contributed by atoms with Gasteiger partial charge in [0.25, 0.3) is 5.91 Å². The minimum atomic E-state index is -2.89. The van der Waals surface area contributed by atoms with Crippen LogP contribution in [0.25, 0.3) is 0 Å². The number of aromatic nitrogens is 4. The highest BCUT2D eigenvalue weighted by atomic mass is 79.9. The van der Waals surface area contributed by atoms with Crippen molar-refractivity contribution in [3.63, 3.8) is 0 Å². The van der Waals surface area contributed by atoms with Crippen molar-refractivity contribution in [3.05, 3.63) is 64.0 Å². The normalized spacial score (nSPS) is 11.1. The van der Waals surface area contributed by atoms with Crippen LogP contribution in [0, 0.1) is 6.92 Å². The van der Waals surface area contributed by atoms with Crippen molar-refractivity contribution in [2.75, 3.05) is 5.32 Å². The van der Waals surface area contributed by atoms with Crippen molar-refractivity contribution >= 4 is 27.7 Å². The van der Waals surface area contributed by atoms with Crippen molar-refractivity contribution in [2.24, 2.45) is 0 Å². The van der Waals surface area contributed by atoms with E-state index in [4.69, 9.17) is 0 Å². The summed E-state index contributed by atoms with van der Waals surface area (Å²) < 4.78 is 28.2. The molecule has 0 aliphatic heterocycles. The minimum Gasteiger partial charge on any atom is -0.303 e. The maximum absolute atomic E-state index is 12.8. The van der Waals surface area contributed by atoms with E-state index in [2.05, 4.69) is 31.4 Å². The highest BCUT2D eigenvalue weighted by molar-refractivity contribution is 9.10. The lowest BCUT2D eigenvalue weighted by molar-refractivity contribution is 0.0520. The largest absolute Gasteiger partial charge is 0.333 e. The fourth-order valence-electron chi connectivity index (χ4n) is 2.26. The Hall–Kier alpha value is -2.55. The van der Waals surface area contributed by atoms with Gasteiger partial charge in [-0.15, -0.1) is 0 Å². The van der Waals surface area contributed by atoms with Crippen LogP contribution in [0.5, 0.6) is 0 Å². The van der Waals surface area contributed by atoms with Gasteiger partial charge in [0.05, 0.1) is 11.0 Å². The van der Waals surface area contributed by atoms with Crippen LogP contribution in [0.4, 0.5) is 14.6 Å². The highest BCUT2D eigenvalue weighted by Crippen LogP contribution is 2.22. The molecule has 0 atom stereocenters. The number of amides is 1. The SMILES string of the molecule is Cc1ccc(Cn2cc(Br)c(NC(=O)c3ccnn3C(F)F)n2)cc1. The second-order valence-corrected chi connectivity index (χ2v) is 6.26. The summed E-state index contributed by atoms with van der Waals surface area (Å²) in [5.74, 6) is -0.460. The van der Waals surface area contributed by atoms with Gasteiger partial charge in [0.1, 0.15) is 5.69 Å². The smallest absolute Gasteiger partial charge is 0.303 e. The van der Waals surface area contributed by atoms with E-state index in [1.165, 1.54) is 6.07 Å². The molecule has 9 heteroatoms. The molecule has 0 bridgehead atoms. The average Bonchev–Trinajstić information content (AvgIpc) is 3.17. The maximum atomic E-state index is 12.8. The zero-order chi connectivity index (χ0) is 18.0. The summed E-state index contributed by atoms with van der Waals surface area (Å²) in [5, 5.41) is 10.2. The number of alkyl halides is 2. The summed E-state index contributed by atoms with van der Waals surface area (Å²) in [6.07, 6.45) is 2.85. The van der Waals surface area contributed by atoms with E-state index in [-0.39, 0.29) is 11.5 Å². The van der Waals surface area contributed by atoms with Crippen molar-refractivity contribution in [3.8, 4) is 0 Å². The lowest BCUT2D eigenvalue weighted by Crippen LogP contribution is -2.19. The number of nitrogens with zero attached hydrogens (tertiary/aromatic N) is 4. The number of rotatable bonds is 5. The van der Waals surface area contributed by atoms with Gasteiger partial charge in [-0.05, 0) is 34.5 Å². The highest BCUT2D eigenvalue weighted by Gasteiger charge is 2.19. The van der Waals surface area contributed by atoms with E-state index in [9.17, 15) is 13.6 Å².